The Morgan fingerprint density at radius 2 is 1.86 bits per heavy atom. The van der Waals surface area contributed by atoms with E-state index in [1.165, 1.54) is 20.3 Å². The molecular weight excluding hydrogens is 274 g/mol. The highest BCUT2D eigenvalue weighted by atomic mass is 16.7. The van der Waals surface area contributed by atoms with E-state index >= 15 is 0 Å². The molecule has 0 bridgehead atoms. The number of ether oxygens (including phenoxy) is 4. The quantitative estimate of drug-likeness (QED) is 0.551. The third-order valence-electron chi connectivity index (χ3n) is 2.62. The third-order valence-corrected chi connectivity index (χ3v) is 2.62. The molecule has 21 heavy (non-hydrogen) atoms. The first kappa shape index (κ1) is 17.2. The van der Waals surface area contributed by atoms with E-state index in [-0.39, 0.29) is 12.7 Å². The minimum absolute atomic E-state index is 0.206. The monoisotopic (exact) mass is 295 g/mol. The summed E-state index contributed by atoms with van der Waals surface area (Å²) < 4.78 is 20.0. The van der Waals surface area contributed by atoms with Crippen LogP contribution in [0.4, 0.5) is 0 Å². The van der Waals surface area contributed by atoms with Gasteiger partial charge in [-0.15, -0.1) is 0 Å². The second kappa shape index (κ2) is 9.93. The predicted molar refractivity (Wildman–Crippen MR) is 78.8 cm³/mol. The van der Waals surface area contributed by atoms with Gasteiger partial charge in [0.2, 0.25) is 5.91 Å². The molecule has 1 N–H and O–H groups in total. The first-order valence-electron chi connectivity index (χ1n) is 6.43. The van der Waals surface area contributed by atoms with E-state index in [0.717, 1.165) is 5.56 Å². The highest BCUT2D eigenvalue weighted by Gasteiger charge is 2.05. The number of carbonyl (C=O) groups excluding carboxylic acids is 1. The number of hydrogen-bond acceptors (Lipinski definition) is 5. The molecule has 0 spiro atoms. The summed E-state index contributed by atoms with van der Waals surface area (Å²) in [7, 11) is 4.60. The lowest BCUT2D eigenvalue weighted by Crippen LogP contribution is -2.33. The molecule has 1 rings (SSSR count). The van der Waals surface area contributed by atoms with Gasteiger partial charge in [-0.3, -0.25) is 4.79 Å². The van der Waals surface area contributed by atoms with Crippen molar-refractivity contribution in [1.82, 2.24) is 5.32 Å². The first-order chi connectivity index (χ1) is 10.2. The fraction of sp³-hybridized carbons (Fsp3) is 0.400. The topological polar surface area (TPSA) is 66.0 Å². The van der Waals surface area contributed by atoms with Crippen LogP contribution in [0.5, 0.6) is 5.75 Å². The van der Waals surface area contributed by atoms with E-state index in [4.69, 9.17) is 18.9 Å². The molecule has 1 aromatic rings. The summed E-state index contributed by atoms with van der Waals surface area (Å²) in [6.45, 7) is 0.498. The highest BCUT2D eigenvalue weighted by molar-refractivity contribution is 5.91. The summed E-state index contributed by atoms with van der Waals surface area (Å²) in [6.07, 6.45) is 2.72. The molecule has 6 heteroatoms. The molecule has 0 atom stereocenters. The largest absolute Gasteiger partial charge is 0.468 e. The maximum atomic E-state index is 11.6. The van der Waals surface area contributed by atoms with Gasteiger partial charge in [0.25, 0.3) is 0 Å². The van der Waals surface area contributed by atoms with E-state index in [9.17, 15) is 4.79 Å². The van der Waals surface area contributed by atoms with E-state index in [1.807, 2.05) is 24.3 Å². The van der Waals surface area contributed by atoms with E-state index < -0.39 is 6.29 Å². The summed E-state index contributed by atoms with van der Waals surface area (Å²) in [6, 6.07) is 7.31. The Balaban J connectivity index is 2.42. The van der Waals surface area contributed by atoms with Gasteiger partial charge < -0.3 is 24.3 Å². The van der Waals surface area contributed by atoms with Crippen molar-refractivity contribution in [3.05, 3.63) is 35.9 Å². The molecule has 6 nitrogen and oxygen atoms in total. The average Bonchev–Trinajstić information content (AvgIpc) is 2.53. The van der Waals surface area contributed by atoms with Crippen molar-refractivity contribution in [2.24, 2.45) is 0 Å². The lowest BCUT2D eigenvalue weighted by molar-refractivity contribution is -0.123. The van der Waals surface area contributed by atoms with Gasteiger partial charge >= 0.3 is 0 Å². The van der Waals surface area contributed by atoms with Crippen LogP contribution in [0.1, 0.15) is 5.56 Å². The van der Waals surface area contributed by atoms with Crippen LogP contribution in [0.2, 0.25) is 0 Å². The van der Waals surface area contributed by atoms with Crippen LogP contribution >= 0.6 is 0 Å². The van der Waals surface area contributed by atoms with Crippen molar-refractivity contribution in [2.45, 2.75) is 6.29 Å². The number of rotatable bonds is 9. The Labute approximate surface area is 124 Å². The fourth-order valence-corrected chi connectivity index (χ4v) is 1.48. The molecule has 1 amide bonds. The van der Waals surface area contributed by atoms with Gasteiger partial charge in [-0.2, -0.15) is 0 Å². The second-order valence-electron chi connectivity index (χ2n) is 4.10. The van der Waals surface area contributed by atoms with E-state index in [1.54, 1.807) is 13.2 Å². The number of methoxy groups -OCH3 is 3. The molecule has 0 radical (unpaired) electrons. The summed E-state index contributed by atoms with van der Waals surface area (Å²) in [5.74, 6) is 0.496. The minimum Gasteiger partial charge on any atom is -0.468 e. The van der Waals surface area contributed by atoms with Gasteiger partial charge in [0.15, 0.2) is 13.1 Å². The van der Waals surface area contributed by atoms with Crippen molar-refractivity contribution in [3.63, 3.8) is 0 Å². The smallest absolute Gasteiger partial charge is 0.244 e. The Hall–Kier alpha value is -1.89. The SMILES string of the molecule is COCOc1ccc(/C=C/C(=O)NCC(OC)OC)cc1. The molecule has 0 saturated carbocycles. The van der Waals surface area contributed by atoms with Crippen LogP contribution in [-0.4, -0.2) is 46.9 Å². The predicted octanol–water partition coefficient (Wildman–Crippen LogP) is 1.42. The van der Waals surface area contributed by atoms with Gasteiger partial charge in [-0.05, 0) is 23.8 Å². The van der Waals surface area contributed by atoms with Gasteiger partial charge in [0.1, 0.15) is 5.75 Å². The first-order valence-corrected chi connectivity index (χ1v) is 6.43. The van der Waals surface area contributed by atoms with Crippen LogP contribution in [0.3, 0.4) is 0 Å². The van der Waals surface area contributed by atoms with Crippen molar-refractivity contribution in [3.8, 4) is 5.75 Å². The number of carbonyl (C=O) groups is 1. The summed E-state index contributed by atoms with van der Waals surface area (Å²) in [5.41, 5.74) is 0.893. The molecular formula is C15H21NO5. The number of hydrogen-bond donors (Lipinski definition) is 1. The van der Waals surface area contributed by atoms with Gasteiger partial charge in [0, 0.05) is 27.4 Å². The minimum atomic E-state index is -0.445. The van der Waals surface area contributed by atoms with Crippen LogP contribution in [0.15, 0.2) is 30.3 Å². The molecule has 0 heterocycles. The molecule has 0 unspecified atom stereocenters. The van der Waals surface area contributed by atoms with Crippen LogP contribution in [-0.2, 0) is 19.0 Å². The van der Waals surface area contributed by atoms with Crippen molar-refractivity contribution >= 4 is 12.0 Å². The molecule has 0 saturated heterocycles. The van der Waals surface area contributed by atoms with Crippen LogP contribution in [0.25, 0.3) is 6.08 Å². The third kappa shape index (κ3) is 6.89. The fourth-order valence-electron chi connectivity index (χ4n) is 1.48. The van der Waals surface area contributed by atoms with E-state index in [2.05, 4.69) is 5.32 Å². The maximum absolute atomic E-state index is 11.6. The maximum Gasteiger partial charge on any atom is 0.244 e. The molecule has 0 aliphatic heterocycles. The van der Waals surface area contributed by atoms with Crippen molar-refractivity contribution < 1.29 is 23.7 Å². The van der Waals surface area contributed by atoms with Gasteiger partial charge in [-0.1, -0.05) is 12.1 Å². The lowest BCUT2D eigenvalue weighted by atomic mass is 10.2. The zero-order valence-electron chi connectivity index (χ0n) is 12.5. The summed E-state index contributed by atoms with van der Waals surface area (Å²) >= 11 is 0. The Kier molecular flexibility index (Phi) is 8.11. The number of amides is 1. The molecule has 1 aromatic carbocycles. The van der Waals surface area contributed by atoms with Crippen LogP contribution < -0.4 is 10.1 Å². The van der Waals surface area contributed by atoms with Crippen molar-refractivity contribution in [1.29, 1.82) is 0 Å². The van der Waals surface area contributed by atoms with Gasteiger partial charge in [0.05, 0.1) is 6.54 Å². The normalized spacial score (nSPS) is 11.0. The molecule has 0 aliphatic rings. The Bertz CT molecular complexity index is 440. The summed E-state index contributed by atoms with van der Waals surface area (Å²) in [5, 5.41) is 2.68. The zero-order chi connectivity index (χ0) is 15.5. The summed E-state index contributed by atoms with van der Waals surface area (Å²) in [4.78, 5) is 11.6. The standard InChI is InChI=1S/C15H21NO5/c1-18-11-21-13-7-4-12(5-8-13)6-9-14(17)16-10-15(19-2)20-3/h4-9,15H,10-11H2,1-3H3,(H,16,17)/b9-6+. The zero-order valence-corrected chi connectivity index (χ0v) is 12.5. The Morgan fingerprint density at radius 1 is 1.19 bits per heavy atom. The molecule has 116 valence electrons. The molecule has 0 fully saturated rings. The molecule has 0 aromatic heterocycles. The Morgan fingerprint density at radius 3 is 2.43 bits per heavy atom. The molecule has 0 aliphatic carbocycles. The number of benzene rings is 1. The second-order valence-corrected chi connectivity index (χ2v) is 4.10. The van der Waals surface area contributed by atoms with Crippen molar-refractivity contribution in [2.75, 3.05) is 34.7 Å². The average molecular weight is 295 g/mol. The van der Waals surface area contributed by atoms with E-state index in [0.29, 0.717) is 12.3 Å². The van der Waals surface area contributed by atoms with Crippen LogP contribution in [0, 0.1) is 0 Å². The van der Waals surface area contributed by atoms with Gasteiger partial charge in [-0.25, -0.2) is 0 Å². The highest BCUT2D eigenvalue weighted by Crippen LogP contribution is 2.13. The lowest BCUT2D eigenvalue weighted by Gasteiger charge is -2.12. The number of nitrogens with one attached hydrogen (secondary N) is 1.